The second-order valence-electron chi connectivity index (χ2n) is 4.86. The van der Waals surface area contributed by atoms with E-state index in [1.807, 2.05) is 0 Å². The number of halogens is 3. The summed E-state index contributed by atoms with van der Waals surface area (Å²) in [6, 6.07) is 2.62. The molecule has 0 amide bonds. The Morgan fingerprint density at radius 3 is 2.77 bits per heavy atom. The lowest BCUT2D eigenvalue weighted by Crippen LogP contribution is -1.96. The van der Waals surface area contributed by atoms with E-state index in [1.54, 1.807) is 11.3 Å². The quantitative estimate of drug-likeness (QED) is 0.633. The van der Waals surface area contributed by atoms with Crippen LogP contribution < -0.4 is 5.32 Å². The van der Waals surface area contributed by atoms with E-state index in [2.05, 4.69) is 28.7 Å². The summed E-state index contributed by atoms with van der Waals surface area (Å²) in [7, 11) is 0. The van der Waals surface area contributed by atoms with Crippen LogP contribution in [-0.4, -0.2) is 4.98 Å². The minimum Gasteiger partial charge on any atom is -0.370 e. The first-order valence-corrected chi connectivity index (χ1v) is 8.52. The fourth-order valence-electron chi connectivity index (χ4n) is 2.15. The molecule has 0 unspecified atom stereocenters. The second kappa shape index (κ2) is 6.26. The van der Waals surface area contributed by atoms with Gasteiger partial charge in [0.05, 0.1) is 16.2 Å². The van der Waals surface area contributed by atoms with Crippen molar-refractivity contribution in [3.8, 4) is 0 Å². The second-order valence-corrected chi connectivity index (χ2v) is 6.86. The van der Waals surface area contributed by atoms with Crippen molar-refractivity contribution < 1.29 is 13.2 Å². The van der Waals surface area contributed by atoms with Gasteiger partial charge in [0.2, 0.25) is 0 Å². The van der Waals surface area contributed by atoms with Gasteiger partial charge in [-0.25, -0.2) is 18.2 Å². The molecule has 7 heteroatoms. The molecule has 0 bridgehead atoms. The number of thiophene rings is 1. The van der Waals surface area contributed by atoms with Crippen molar-refractivity contribution in [2.75, 3.05) is 5.32 Å². The van der Waals surface area contributed by atoms with E-state index in [9.17, 15) is 13.2 Å². The largest absolute Gasteiger partial charge is 0.370 e. The number of rotatable bonds is 5. The highest BCUT2D eigenvalue weighted by molar-refractivity contribution is 7.18. The normalized spacial score (nSPS) is 11.3. The van der Waals surface area contributed by atoms with Gasteiger partial charge in [-0.3, -0.25) is 0 Å². The topological polar surface area (TPSA) is 24.9 Å². The first-order valence-electron chi connectivity index (χ1n) is 6.82. The van der Waals surface area contributed by atoms with Crippen molar-refractivity contribution in [2.24, 2.45) is 0 Å². The lowest BCUT2D eigenvalue weighted by molar-refractivity contribution is 0.504. The molecule has 2 aromatic heterocycles. The van der Waals surface area contributed by atoms with Crippen LogP contribution in [0.5, 0.6) is 0 Å². The van der Waals surface area contributed by atoms with Crippen LogP contribution >= 0.6 is 22.7 Å². The molecule has 0 fully saturated rings. The van der Waals surface area contributed by atoms with E-state index < -0.39 is 17.5 Å². The molecule has 3 rings (SSSR count). The van der Waals surface area contributed by atoms with Crippen molar-refractivity contribution in [3.05, 3.63) is 45.5 Å². The summed E-state index contributed by atoms with van der Waals surface area (Å²) in [5, 5.41) is 6.76. The third-order valence-electron chi connectivity index (χ3n) is 3.17. The molecule has 2 heterocycles. The number of hydrogen-bond acceptors (Lipinski definition) is 4. The van der Waals surface area contributed by atoms with Crippen LogP contribution in [0.15, 0.2) is 17.5 Å². The molecule has 3 aromatic rings. The summed E-state index contributed by atoms with van der Waals surface area (Å²) < 4.78 is 40.5. The highest BCUT2D eigenvalue weighted by atomic mass is 32.1. The molecule has 0 aliphatic rings. The molecule has 0 aliphatic heterocycles. The number of aryl methyl sites for hydroxylation is 1. The zero-order chi connectivity index (χ0) is 15.7. The number of anilines is 1. The number of nitrogens with one attached hydrogen (secondary N) is 1. The highest BCUT2D eigenvalue weighted by Gasteiger charge is 2.17. The Balaban J connectivity index is 1.79. The Labute approximate surface area is 133 Å². The summed E-state index contributed by atoms with van der Waals surface area (Å²) in [5.41, 5.74) is 1.02. The number of nitrogens with zero attached hydrogens (tertiary/aromatic N) is 1. The first kappa shape index (κ1) is 15.3. The van der Waals surface area contributed by atoms with E-state index in [1.165, 1.54) is 5.56 Å². The summed E-state index contributed by atoms with van der Waals surface area (Å²) in [6.07, 6.45) is 2.10. The molecule has 0 spiro atoms. The SMILES string of the molecule is CCCc1csc(NCc2nc3c(F)c(F)cc(F)c3s2)c1. The smallest absolute Gasteiger partial charge is 0.186 e. The van der Waals surface area contributed by atoms with Crippen molar-refractivity contribution in [2.45, 2.75) is 26.3 Å². The van der Waals surface area contributed by atoms with Gasteiger partial charge >= 0.3 is 0 Å². The molecule has 1 aromatic carbocycles. The fourth-order valence-corrected chi connectivity index (χ4v) is 3.90. The van der Waals surface area contributed by atoms with Crippen molar-refractivity contribution in [1.29, 1.82) is 0 Å². The summed E-state index contributed by atoms with van der Waals surface area (Å²) in [5.74, 6) is -3.09. The molecule has 22 heavy (non-hydrogen) atoms. The Morgan fingerprint density at radius 1 is 1.18 bits per heavy atom. The predicted molar refractivity (Wildman–Crippen MR) is 85.1 cm³/mol. The standard InChI is InChI=1S/C15H13F3N2S2/c1-2-3-8-4-11(21-7-8)19-6-12-20-14-13(18)9(16)5-10(17)15(14)22-12/h4-5,7,19H,2-3,6H2,1H3. The first-order chi connectivity index (χ1) is 10.6. The maximum absolute atomic E-state index is 13.6. The lowest BCUT2D eigenvalue weighted by atomic mass is 10.2. The van der Waals surface area contributed by atoms with Crippen LogP contribution in [0.1, 0.15) is 23.9 Å². The van der Waals surface area contributed by atoms with E-state index in [4.69, 9.17) is 0 Å². The molecule has 0 radical (unpaired) electrons. The van der Waals surface area contributed by atoms with Gasteiger partial charge in [-0.05, 0) is 23.4 Å². The van der Waals surface area contributed by atoms with Gasteiger partial charge in [0.15, 0.2) is 11.6 Å². The van der Waals surface area contributed by atoms with Gasteiger partial charge in [-0.2, -0.15) is 0 Å². The van der Waals surface area contributed by atoms with Gasteiger partial charge in [0, 0.05) is 6.07 Å². The van der Waals surface area contributed by atoms with Gasteiger partial charge in [0.25, 0.3) is 0 Å². The number of benzene rings is 1. The van der Waals surface area contributed by atoms with Crippen LogP contribution in [0.25, 0.3) is 10.2 Å². The summed E-state index contributed by atoms with van der Waals surface area (Å²) in [6.45, 7) is 2.47. The molecule has 116 valence electrons. The molecular weight excluding hydrogens is 329 g/mol. The zero-order valence-electron chi connectivity index (χ0n) is 11.8. The van der Waals surface area contributed by atoms with Crippen LogP contribution in [0, 0.1) is 17.5 Å². The summed E-state index contributed by atoms with van der Waals surface area (Å²) >= 11 is 2.61. The lowest BCUT2D eigenvalue weighted by Gasteiger charge is -1.99. The van der Waals surface area contributed by atoms with Gasteiger partial charge in [0.1, 0.15) is 16.3 Å². The van der Waals surface area contributed by atoms with E-state index in [0.29, 0.717) is 17.6 Å². The minimum absolute atomic E-state index is 0.0496. The van der Waals surface area contributed by atoms with Crippen molar-refractivity contribution >= 4 is 37.9 Å². The van der Waals surface area contributed by atoms with E-state index in [0.717, 1.165) is 29.2 Å². The van der Waals surface area contributed by atoms with Crippen LogP contribution in [0.3, 0.4) is 0 Å². The Morgan fingerprint density at radius 2 is 2.00 bits per heavy atom. The Kier molecular flexibility index (Phi) is 4.35. The minimum atomic E-state index is -1.21. The maximum Gasteiger partial charge on any atom is 0.186 e. The van der Waals surface area contributed by atoms with E-state index >= 15 is 0 Å². The monoisotopic (exact) mass is 342 g/mol. The molecule has 0 atom stereocenters. The Hall–Kier alpha value is -1.60. The molecule has 1 N–H and O–H groups in total. The molecule has 0 aliphatic carbocycles. The fraction of sp³-hybridized carbons (Fsp3) is 0.267. The Bertz CT molecular complexity index is 811. The average molecular weight is 342 g/mol. The van der Waals surface area contributed by atoms with E-state index in [-0.39, 0.29) is 10.2 Å². The van der Waals surface area contributed by atoms with Crippen molar-refractivity contribution in [1.82, 2.24) is 4.98 Å². The average Bonchev–Trinajstić information content (AvgIpc) is 3.10. The number of aromatic nitrogens is 1. The zero-order valence-corrected chi connectivity index (χ0v) is 13.4. The maximum atomic E-state index is 13.6. The number of fused-ring (bicyclic) bond motifs is 1. The van der Waals surface area contributed by atoms with Crippen LogP contribution in [-0.2, 0) is 13.0 Å². The van der Waals surface area contributed by atoms with Gasteiger partial charge < -0.3 is 5.32 Å². The molecule has 2 nitrogen and oxygen atoms in total. The van der Waals surface area contributed by atoms with Crippen LogP contribution in [0.4, 0.5) is 18.2 Å². The summed E-state index contributed by atoms with van der Waals surface area (Å²) in [4.78, 5) is 4.00. The van der Waals surface area contributed by atoms with Gasteiger partial charge in [-0.1, -0.05) is 13.3 Å². The van der Waals surface area contributed by atoms with Crippen LogP contribution in [0.2, 0.25) is 0 Å². The van der Waals surface area contributed by atoms with Gasteiger partial charge in [-0.15, -0.1) is 22.7 Å². The molecule has 0 saturated heterocycles. The third-order valence-corrected chi connectivity index (χ3v) is 5.17. The van der Waals surface area contributed by atoms with Crippen molar-refractivity contribution in [3.63, 3.8) is 0 Å². The predicted octanol–water partition coefficient (Wildman–Crippen LogP) is 5.34. The number of thiazole rings is 1. The highest BCUT2D eigenvalue weighted by Crippen LogP contribution is 2.30. The third kappa shape index (κ3) is 2.96. The number of hydrogen-bond donors (Lipinski definition) is 1. The molecular formula is C15H13F3N2S2. The molecule has 0 saturated carbocycles.